The Hall–Kier alpha value is -5.55. The Morgan fingerprint density at radius 2 is 0.818 bits per heavy atom. The van der Waals surface area contributed by atoms with Gasteiger partial charge in [-0.05, 0) is 79.2 Å². The summed E-state index contributed by atoms with van der Waals surface area (Å²) in [4.78, 5) is 75.0. The van der Waals surface area contributed by atoms with Crippen molar-refractivity contribution < 1.29 is 34.1 Å². The molecule has 0 saturated heterocycles. The van der Waals surface area contributed by atoms with Gasteiger partial charge in [0.2, 0.25) is 23.6 Å². The van der Waals surface area contributed by atoms with Crippen molar-refractivity contribution in [2.24, 2.45) is 92.1 Å². The van der Waals surface area contributed by atoms with Gasteiger partial charge in [0.05, 0.1) is 23.3 Å². The molecule has 2 heterocycles. The van der Waals surface area contributed by atoms with Crippen molar-refractivity contribution in [2.75, 3.05) is 0 Å². The maximum Gasteiger partial charge on any atom is 0.254 e. The van der Waals surface area contributed by atoms with Crippen molar-refractivity contribution in [3.63, 3.8) is 0 Å². The number of rotatable bonds is 19. The SMILES string of the molecule is CC(C)/C=C(\O)C(C)C.CC(C)C(N)=O.CC(C)C(N)=O.CC(C)CC(=O)C(C)C.CC(C)N=C(N)C(C)C.CC(C)N=C(N)C(C)C.CC(C)NC(=O)C(C)C.CC(C)NC(=O)C(C)C.CC(C)c1c[nH+]c(C(C)C)[nH]1.CC(C)c1cnc(C(C)C)[nH]1. The molecule has 0 spiro atoms. The highest BCUT2D eigenvalue weighted by atomic mass is 16.3. The number of carbonyl (C=O) groups excluding carboxylic acids is 5. The number of aromatic amines is 3. The molecule has 4 amide bonds. The second kappa shape index (κ2) is 56.7. The lowest BCUT2D eigenvalue weighted by atomic mass is 9.99. The van der Waals surface area contributed by atoms with Crippen LogP contribution in [0.2, 0.25) is 0 Å². The zero-order chi connectivity index (χ0) is 71.8. The molecular formula is C70H145N12O6+. The van der Waals surface area contributed by atoms with Gasteiger partial charge in [0.25, 0.3) is 5.82 Å². The third kappa shape index (κ3) is 71.2. The van der Waals surface area contributed by atoms with E-state index in [0.717, 1.165) is 23.9 Å². The van der Waals surface area contributed by atoms with Crippen LogP contribution in [0.1, 0.15) is 302 Å². The third-order valence-corrected chi connectivity index (χ3v) is 11.0. The quantitative estimate of drug-likeness (QED) is 0.0366. The van der Waals surface area contributed by atoms with E-state index in [1.165, 1.54) is 17.2 Å². The number of aromatic nitrogens is 4. The molecule has 0 aromatic carbocycles. The predicted octanol–water partition coefficient (Wildman–Crippen LogP) is 15.1. The summed E-state index contributed by atoms with van der Waals surface area (Å²) < 4.78 is 0. The van der Waals surface area contributed by atoms with Crippen LogP contribution >= 0.6 is 0 Å². The number of H-pyrrole nitrogens is 3. The molecule has 2 aromatic rings. The van der Waals surface area contributed by atoms with Gasteiger partial charge in [-0.25, -0.2) is 15.0 Å². The number of aliphatic hydroxyl groups excluding tert-OH is 1. The summed E-state index contributed by atoms with van der Waals surface area (Å²) in [6.07, 6.45) is 6.60. The number of ketones is 1. The first-order valence-corrected chi connectivity index (χ1v) is 32.7. The Balaban J connectivity index is -0.000000135. The molecule has 520 valence electrons. The second-order valence-corrected chi connectivity index (χ2v) is 27.7. The fourth-order valence-corrected chi connectivity index (χ4v) is 4.91. The number of nitrogens with two attached hydrogens (primary N) is 4. The van der Waals surface area contributed by atoms with Gasteiger partial charge in [-0.1, -0.05) is 194 Å². The van der Waals surface area contributed by atoms with Crippen LogP contribution < -0.4 is 38.6 Å². The van der Waals surface area contributed by atoms with E-state index in [9.17, 15) is 24.0 Å². The van der Waals surface area contributed by atoms with Crippen LogP contribution in [0.25, 0.3) is 0 Å². The van der Waals surface area contributed by atoms with Crippen LogP contribution in [0.5, 0.6) is 0 Å². The topological polar surface area (TPSA) is 317 Å². The summed E-state index contributed by atoms with van der Waals surface area (Å²) >= 11 is 0. The summed E-state index contributed by atoms with van der Waals surface area (Å²) in [7, 11) is 0. The zero-order valence-electron chi connectivity index (χ0n) is 63.5. The molecule has 14 N–H and O–H groups in total. The molecule has 0 aliphatic heterocycles. The van der Waals surface area contributed by atoms with E-state index in [0.29, 0.717) is 71.0 Å². The number of nitrogens with one attached hydrogen (secondary N) is 5. The number of amidine groups is 2. The number of hydrogen-bond acceptors (Lipinski definition) is 9. The summed E-state index contributed by atoms with van der Waals surface area (Å²) in [6, 6.07) is 1.18. The Morgan fingerprint density at radius 1 is 0.477 bits per heavy atom. The Bertz CT molecular complexity index is 1890. The van der Waals surface area contributed by atoms with E-state index in [1.807, 2.05) is 151 Å². The normalized spacial score (nSPS) is 11.5. The van der Waals surface area contributed by atoms with Crippen LogP contribution in [0.4, 0.5) is 0 Å². The fourth-order valence-electron chi connectivity index (χ4n) is 4.91. The standard InChI is InChI=1S/2C9H16N2.2C8H16O.2C7H16N2.2C7H15NO.2C4H9NO/c2*1-6(2)8-5-10-9(11-8)7(3)4;2*1-6(2)5-8(9)7(3)4;2*1-5(2)7(8)9-6(3)4;2*1-5(2)7(9)8-6(3)4;2*1-3(2)4(5)6/h2*5-7H,1-4H3,(H,10,11);6-7H,5H2,1-4H3;5-7,9H,1-4H3;2*5-6H,1-4H3,(H2,8,9);2*5-6H,1-4H3,(H,8,9);2*3H,1-2H3,(H2,5,6)/p+1/b;;;8-5-;;;;;;. The molecule has 0 radical (unpaired) electrons. The van der Waals surface area contributed by atoms with Crippen LogP contribution in [-0.4, -0.2) is 85.3 Å². The highest BCUT2D eigenvalue weighted by Gasteiger charge is 2.14. The molecule has 0 saturated carbocycles. The van der Waals surface area contributed by atoms with Crippen molar-refractivity contribution in [2.45, 2.75) is 304 Å². The maximum atomic E-state index is 11.0. The summed E-state index contributed by atoms with van der Waals surface area (Å²) in [5.74, 6) is 9.08. The smallest absolute Gasteiger partial charge is 0.254 e. The Morgan fingerprint density at radius 3 is 0.932 bits per heavy atom. The van der Waals surface area contributed by atoms with Gasteiger partial charge in [0.1, 0.15) is 23.5 Å². The minimum atomic E-state index is -0.241. The van der Waals surface area contributed by atoms with E-state index < -0.39 is 0 Å². The average molecular weight is 1250 g/mol. The average Bonchev–Trinajstić information content (AvgIpc) is 4.07. The molecule has 18 heteroatoms. The maximum absolute atomic E-state index is 11.0. The third-order valence-electron chi connectivity index (χ3n) is 11.0. The molecule has 0 aliphatic rings. The van der Waals surface area contributed by atoms with Crippen LogP contribution in [0.3, 0.4) is 0 Å². The largest absolute Gasteiger partial charge is 0.512 e. The van der Waals surface area contributed by atoms with Crippen molar-refractivity contribution in [3.05, 3.63) is 47.3 Å². The van der Waals surface area contributed by atoms with Crippen molar-refractivity contribution in [1.82, 2.24) is 25.6 Å². The molecule has 2 rings (SSSR count). The van der Waals surface area contributed by atoms with E-state index in [4.69, 9.17) is 28.0 Å². The minimum absolute atomic E-state index is 0.00926. The lowest BCUT2D eigenvalue weighted by molar-refractivity contribution is -0.390. The first kappa shape index (κ1) is 98.7. The summed E-state index contributed by atoms with van der Waals surface area (Å²) in [5.41, 5.74) is 23.2. The number of allylic oxidation sites excluding steroid dienone is 2. The molecule has 2 aromatic heterocycles. The number of hydrogen-bond donors (Lipinski definition) is 9. The molecule has 0 unspecified atom stereocenters. The first-order valence-electron chi connectivity index (χ1n) is 32.7. The molecule has 0 atom stereocenters. The number of carbonyl (C=O) groups is 5. The number of imidazole rings is 2. The Labute approximate surface area is 541 Å². The number of Topliss-reactive ketones (excluding diaryl/α,β-unsaturated/α-hetero) is 1. The van der Waals surface area contributed by atoms with E-state index >= 15 is 0 Å². The molecule has 0 aliphatic carbocycles. The first-order chi connectivity index (χ1) is 39.7. The van der Waals surface area contributed by atoms with E-state index in [-0.39, 0.29) is 71.2 Å². The molecule has 0 fully saturated rings. The number of aliphatic imine (C=N–C) groups is 2. The number of amides is 4. The van der Waals surface area contributed by atoms with Crippen LogP contribution in [-0.2, 0) is 24.0 Å². The predicted molar refractivity (Wildman–Crippen MR) is 379 cm³/mol. The van der Waals surface area contributed by atoms with Crippen molar-refractivity contribution >= 4 is 41.1 Å². The van der Waals surface area contributed by atoms with E-state index in [1.54, 1.807) is 27.7 Å². The van der Waals surface area contributed by atoms with Gasteiger partial charge in [-0.2, -0.15) is 0 Å². The van der Waals surface area contributed by atoms with Gasteiger partial charge in [-0.15, -0.1) is 0 Å². The summed E-state index contributed by atoms with van der Waals surface area (Å²) in [5, 5.41) is 14.8. The van der Waals surface area contributed by atoms with Gasteiger partial charge in [-0.3, -0.25) is 34.0 Å². The van der Waals surface area contributed by atoms with Crippen LogP contribution in [0.15, 0.2) is 34.2 Å². The zero-order valence-corrected chi connectivity index (χ0v) is 63.5. The monoisotopic (exact) mass is 1250 g/mol. The highest BCUT2D eigenvalue weighted by molar-refractivity contribution is 5.83. The lowest BCUT2D eigenvalue weighted by Gasteiger charge is -2.09. The minimum Gasteiger partial charge on any atom is -0.512 e. The molecule has 88 heavy (non-hydrogen) atoms. The van der Waals surface area contributed by atoms with Gasteiger partial charge in [0.15, 0.2) is 0 Å². The van der Waals surface area contributed by atoms with E-state index in [2.05, 4.69) is 130 Å². The molecular weight excluding hydrogens is 1100 g/mol. The Kier molecular flexibility index (Phi) is 63.5. The highest BCUT2D eigenvalue weighted by Crippen LogP contribution is 2.16. The van der Waals surface area contributed by atoms with Crippen LogP contribution in [0, 0.1) is 59.2 Å². The van der Waals surface area contributed by atoms with Gasteiger partial charge in [0, 0.05) is 102 Å². The van der Waals surface area contributed by atoms with Crippen molar-refractivity contribution in [1.29, 1.82) is 0 Å². The molecule has 18 nitrogen and oxygen atoms in total. The number of aliphatic hydroxyl groups is 1. The van der Waals surface area contributed by atoms with Gasteiger partial charge >= 0.3 is 0 Å². The second-order valence-electron chi connectivity index (χ2n) is 27.7. The summed E-state index contributed by atoms with van der Waals surface area (Å²) in [6.45, 7) is 72.1. The number of primary amides is 2. The molecule has 0 bridgehead atoms. The van der Waals surface area contributed by atoms with Gasteiger partial charge < -0.3 is 43.7 Å². The number of nitrogens with zero attached hydrogens (tertiary/aromatic N) is 3. The fraction of sp³-hybridized carbons (Fsp3) is 0.786. The van der Waals surface area contributed by atoms with Crippen molar-refractivity contribution in [3.8, 4) is 0 Å². The lowest BCUT2D eigenvalue weighted by Crippen LogP contribution is -2.33.